The number of thiazole rings is 1. The van der Waals surface area contributed by atoms with Crippen LogP contribution in [0.25, 0.3) is 0 Å². The zero-order valence-electron chi connectivity index (χ0n) is 7.38. The molecule has 60 valence electrons. The minimum atomic E-state index is -0.451. The number of rotatable bonds is 2. The van der Waals surface area contributed by atoms with Gasteiger partial charge in [0.1, 0.15) is 4.88 Å². The third-order valence-corrected chi connectivity index (χ3v) is 1.87. The molecule has 0 unspecified atom stereocenters. The van der Waals surface area contributed by atoms with Gasteiger partial charge < -0.3 is 4.74 Å². The van der Waals surface area contributed by atoms with E-state index in [-0.39, 0.29) is 11.1 Å². The first-order valence-corrected chi connectivity index (χ1v) is 4.08. The van der Waals surface area contributed by atoms with Crippen molar-refractivity contribution in [3.05, 3.63) is 16.1 Å². The average Bonchev–Trinajstić information content (AvgIpc) is 2.30. The van der Waals surface area contributed by atoms with E-state index >= 15 is 0 Å². The summed E-state index contributed by atoms with van der Waals surface area (Å²) in [7, 11) is 0. The standard InChI is InChI=1S/C7H9NO2S/c1-3-10-7(9)6-4-8-5(2)11-6/h4H,3H2,1-2H3/i4D. The van der Waals surface area contributed by atoms with Crippen LogP contribution in [0.5, 0.6) is 0 Å². The van der Waals surface area contributed by atoms with E-state index < -0.39 is 5.97 Å². The van der Waals surface area contributed by atoms with Crippen LogP contribution in [-0.4, -0.2) is 17.6 Å². The van der Waals surface area contributed by atoms with Gasteiger partial charge in [0.05, 0.1) is 19.2 Å². The van der Waals surface area contributed by atoms with E-state index in [4.69, 9.17) is 6.11 Å². The highest BCUT2D eigenvalue weighted by Crippen LogP contribution is 2.12. The Bertz CT molecular complexity index is 298. The molecule has 0 saturated heterocycles. The lowest BCUT2D eigenvalue weighted by Gasteiger charge is -1.95. The number of esters is 1. The lowest BCUT2D eigenvalue weighted by atomic mass is 10.6. The minimum Gasteiger partial charge on any atom is -0.462 e. The van der Waals surface area contributed by atoms with Gasteiger partial charge in [-0.05, 0) is 13.8 Å². The predicted octanol–water partition coefficient (Wildman–Crippen LogP) is 1.63. The number of nitrogens with zero attached hydrogens (tertiary/aromatic N) is 1. The summed E-state index contributed by atoms with van der Waals surface area (Å²) in [5.74, 6) is -0.451. The fraction of sp³-hybridized carbons (Fsp3) is 0.429. The van der Waals surface area contributed by atoms with Crippen molar-refractivity contribution in [2.75, 3.05) is 6.61 Å². The van der Waals surface area contributed by atoms with E-state index in [0.29, 0.717) is 11.6 Å². The molecule has 0 aliphatic carbocycles. The van der Waals surface area contributed by atoms with Gasteiger partial charge in [0.15, 0.2) is 0 Å². The molecule has 0 saturated carbocycles. The normalized spacial score (nSPS) is 10.9. The third-order valence-electron chi connectivity index (χ3n) is 1.03. The van der Waals surface area contributed by atoms with Crippen molar-refractivity contribution >= 4 is 17.3 Å². The molecule has 11 heavy (non-hydrogen) atoms. The molecule has 1 aromatic heterocycles. The first-order valence-electron chi connectivity index (χ1n) is 3.76. The molecule has 0 aliphatic rings. The quantitative estimate of drug-likeness (QED) is 0.636. The Labute approximate surface area is 70.4 Å². The summed E-state index contributed by atoms with van der Waals surface area (Å²) in [6.45, 7) is 3.82. The summed E-state index contributed by atoms with van der Waals surface area (Å²) in [5.41, 5.74) is 0. The molecular weight excluding hydrogens is 162 g/mol. The van der Waals surface area contributed by atoms with E-state index in [2.05, 4.69) is 4.98 Å². The van der Waals surface area contributed by atoms with Crippen LogP contribution in [-0.2, 0) is 4.74 Å². The Morgan fingerprint density at radius 1 is 2.00 bits per heavy atom. The maximum absolute atomic E-state index is 11.1. The second-order valence-corrected chi connectivity index (χ2v) is 3.10. The number of aromatic nitrogens is 1. The van der Waals surface area contributed by atoms with Gasteiger partial charge in [0.25, 0.3) is 0 Å². The Kier molecular flexibility index (Phi) is 2.15. The van der Waals surface area contributed by atoms with Gasteiger partial charge in [0.2, 0.25) is 0 Å². The SMILES string of the molecule is [2H]c1nc(C)sc1C(=O)OCC. The fourth-order valence-electron chi connectivity index (χ4n) is 0.607. The summed E-state index contributed by atoms with van der Waals surface area (Å²) in [5, 5.41) is 0.711. The molecule has 1 aromatic rings. The Morgan fingerprint density at radius 3 is 3.18 bits per heavy atom. The van der Waals surface area contributed by atoms with Crippen molar-refractivity contribution in [2.24, 2.45) is 0 Å². The van der Waals surface area contributed by atoms with Crippen LogP contribution in [0.15, 0.2) is 6.17 Å². The molecule has 0 aromatic carbocycles. The fourth-order valence-corrected chi connectivity index (χ4v) is 1.23. The molecular formula is C7H9NO2S. The minimum absolute atomic E-state index is 0.0101. The lowest BCUT2D eigenvalue weighted by Crippen LogP contribution is -2.01. The predicted molar refractivity (Wildman–Crippen MR) is 42.8 cm³/mol. The molecule has 0 aliphatic heterocycles. The van der Waals surface area contributed by atoms with Crippen LogP contribution in [0.4, 0.5) is 0 Å². The molecule has 1 heterocycles. The number of ether oxygens (including phenoxy) is 1. The zero-order valence-corrected chi connectivity index (χ0v) is 7.20. The van der Waals surface area contributed by atoms with Crippen LogP contribution >= 0.6 is 11.3 Å². The van der Waals surface area contributed by atoms with Crippen molar-refractivity contribution in [1.29, 1.82) is 0 Å². The molecule has 0 spiro atoms. The van der Waals surface area contributed by atoms with Gasteiger partial charge >= 0.3 is 5.97 Å². The van der Waals surface area contributed by atoms with Crippen molar-refractivity contribution in [2.45, 2.75) is 13.8 Å². The Morgan fingerprint density at radius 2 is 2.73 bits per heavy atom. The van der Waals surface area contributed by atoms with Gasteiger partial charge in [-0.25, -0.2) is 9.78 Å². The molecule has 1 rings (SSSR count). The zero-order chi connectivity index (χ0) is 9.14. The van der Waals surface area contributed by atoms with E-state index in [0.717, 1.165) is 0 Å². The van der Waals surface area contributed by atoms with Crippen molar-refractivity contribution in [3.8, 4) is 0 Å². The Balaban J connectivity index is 2.87. The summed E-state index contributed by atoms with van der Waals surface area (Å²) in [6, 6.07) is 0. The molecule has 0 bridgehead atoms. The van der Waals surface area contributed by atoms with Crippen molar-refractivity contribution < 1.29 is 10.9 Å². The molecule has 0 N–H and O–H groups in total. The number of hydrogen-bond acceptors (Lipinski definition) is 4. The largest absolute Gasteiger partial charge is 0.462 e. The highest BCUT2D eigenvalue weighted by molar-refractivity contribution is 7.13. The van der Waals surface area contributed by atoms with Crippen LogP contribution in [0, 0.1) is 6.92 Å². The number of hydrogen-bond donors (Lipinski definition) is 0. The summed E-state index contributed by atoms with van der Waals surface area (Å²) in [4.78, 5) is 15.2. The van der Waals surface area contributed by atoms with Crippen molar-refractivity contribution in [3.63, 3.8) is 0 Å². The second-order valence-electron chi connectivity index (χ2n) is 1.89. The highest BCUT2D eigenvalue weighted by atomic mass is 32.1. The van der Waals surface area contributed by atoms with Gasteiger partial charge in [-0.3, -0.25) is 0 Å². The monoisotopic (exact) mass is 172 g/mol. The van der Waals surface area contributed by atoms with Gasteiger partial charge in [0, 0.05) is 0 Å². The molecule has 0 radical (unpaired) electrons. The summed E-state index contributed by atoms with van der Waals surface area (Å²) < 4.78 is 12.0. The Hall–Kier alpha value is -0.900. The molecule has 3 nitrogen and oxygen atoms in total. The first-order chi connectivity index (χ1) is 5.65. The van der Waals surface area contributed by atoms with Gasteiger partial charge in [-0.1, -0.05) is 0 Å². The van der Waals surface area contributed by atoms with E-state index in [1.807, 2.05) is 0 Å². The summed E-state index contributed by atoms with van der Waals surface area (Å²) in [6.07, 6.45) is 0.0101. The third kappa shape index (κ3) is 2.01. The molecule has 4 heteroatoms. The van der Waals surface area contributed by atoms with E-state index in [1.54, 1.807) is 13.8 Å². The van der Waals surface area contributed by atoms with Crippen molar-refractivity contribution in [1.82, 2.24) is 4.98 Å². The van der Waals surface area contributed by atoms with Gasteiger partial charge in [-0.2, -0.15) is 0 Å². The topological polar surface area (TPSA) is 39.2 Å². The number of aryl methyl sites for hydroxylation is 1. The maximum Gasteiger partial charge on any atom is 0.349 e. The molecule has 0 amide bonds. The molecule has 0 fully saturated rings. The van der Waals surface area contributed by atoms with E-state index in [9.17, 15) is 4.79 Å². The smallest absolute Gasteiger partial charge is 0.349 e. The van der Waals surface area contributed by atoms with Crippen LogP contribution in [0.3, 0.4) is 0 Å². The van der Waals surface area contributed by atoms with Crippen LogP contribution in [0.1, 0.15) is 23.0 Å². The first kappa shape index (κ1) is 6.79. The summed E-state index contributed by atoms with van der Waals surface area (Å²) >= 11 is 1.19. The van der Waals surface area contributed by atoms with Crippen LogP contribution < -0.4 is 0 Å². The average molecular weight is 172 g/mol. The number of carbonyl (C=O) groups is 1. The van der Waals surface area contributed by atoms with Crippen LogP contribution in [0.2, 0.25) is 0 Å². The number of carbonyl (C=O) groups excluding carboxylic acids is 1. The second kappa shape index (κ2) is 3.48. The maximum atomic E-state index is 11.1. The van der Waals surface area contributed by atoms with E-state index in [1.165, 1.54) is 11.3 Å². The molecule has 0 atom stereocenters. The van der Waals surface area contributed by atoms with Gasteiger partial charge in [-0.15, -0.1) is 11.3 Å². The highest BCUT2D eigenvalue weighted by Gasteiger charge is 2.08. The lowest BCUT2D eigenvalue weighted by molar-refractivity contribution is 0.0532.